The van der Waals surface area contributed by atoms with E-state index in [1.54, 1.807) is 12.0 Å². The number of nitrogens with zero attached hydrogens (tertiary/aromatic N) is 1. The van der Waals surface area contributed by atoms with Crippen molar-refractivity contribution in [2.75, 3.05) is 18.6 Å². The smallest absolute Gasteiger partial charge is 0.414 e. The molecule has 4 nitrogen and oxygen atoms in total. The SMILES string of the molecule is COc1ccc2c(c1)N(C(=O)OC(C)(C)C)CCC2. The number of rotatable bonds is 1. The molecule has 104 valence electrons. The monoisotopic (exact) mass is 263 g/mol. The molecule has 0 fully saturated rings. The van der Waals surface area contributed by atoms with Gasteiger partial charge in [0, 0.05) is 12.6 Å². The number of methoxy groups -OCH3 is 1. The van der Waals surface area contributed by atoms with Gasteiger partial charge in [-0.2, -0.15) is 0 Å². The maximum Gasteiger partial charge on any atom is 0.414 e. The molecule has 2 rings (SSSR count). The van der Waals surface area contributed by atoms with Crippen LogP contribution in [0.15, 0.2) is 18.2 Å². The lowest BCUT2D eigenvalue weighted by Gasteiger charge is -2.31. The van der Waals surface area contributed by atoms with Crippen LogP contribution in [0.25, 0.3) is 0 Å². The van der Waals surface area contributed by atoms with Crippen LogP contribution in [0.3, 0.4) is 0 Å². The fourth-order valence-corrected chi connectivity index (χ4v) is 2.19. The number of aryl methyl sites for hydroxylation is 1. The molecule has 0 unspecified atom stereocenters. The van der Waals surface area contributed by atoms with Gasteiger partial charge in [-0.15, -0.1) is 0 Å². The molecular weight excluding hydrogens is 242 g/mol. The van der Waals surface area contributed by atoms with Crippen molar-refractivity contribution in [1.82, 2.24) is 0 Å². The highest BCUT2D eigenvalue weighted by Crippen LogP contribution is 2.31. The standard InChI is InChI=1S/C15H21NO3/c1-15(2,3)19-14(17)16-9-5-6-11-7-8-12(18-4)10-13(11)16/h7-8,10H,5-6,9H2,1-4H3. The van der Waals surface area contributed by atoms with Crippen LogP contribution in [0, 0.1) is 0 Å². The van der Waals surface area contributed by atoms with Gasteiger partial charge >= 0.3 is 6.09 Å². The summed E-state index contributed by atoms with van der Waals surface area (Å²) in [7, 11) is 1.63. The molecule has 1 amide bonds. The van der Waals surface area contributed by atoms with Crippen molar-refractivity contribution >= 4 is 11.8 Å². The first-order chi connectivity index (χ1) is 8.90. The summed E-state index contributed by atoms with van der Waals surface area (Å²) in [6.45, 7) is 6.32. The number of hydrogen-bond donors (Lipinski definition) is 0. The minimum atomic E-state index is -0.479. The number of carbonyl (C=O) groups excluding carboxylic acids is 1. The number of benzene rings is 1. The highest BCUT2D eigenvalue weighted by molar-refractivity contribution is 5.89. The van der Waals surface area contributed by atoms with Crippen LogP contribution in [-0.4, -0.2) is 25.3 Å². The predicted molar refractivity (Wildman–Crippen MR) is 74.9 cm³/mol. The minimum Gasteiger partial charge on any atom is -0.497 e. The Balaban J connectivity index is 2.28. The van der Waals surface area contributed by atoms with Gasteiger partial charge in [0.25, 0.3) is 0 Å². The lowest BCUT2D eigenvalue weighted by Crippen LogP contribution is -2.39. The van der Waals surface area contributed by atoms with Gasteiger partial charge in [0.05, 0.1) is 12.8 Å². The maximum atomic E-state index is 12.2. The van der Waals surface area contributed by atoms with E-state index >= 15 is 0 Å². The van der Waals surface area contributed by atoms with E-state index in [-0.39, 0.29) is 6.09 Å². The summed E-state index contributed by atoms with van der Waals surface area (Å²) in [6.07, 6.45) is 1.65. The van der Waals surface area contributed by atoms with E-state index in [9.17, 15) is 4.79 Å². The molecule has 0 bridgehead atoms. The van der Waals surface area contributed by atoms with Gasteiger partial charge in [-0.05, 0) is 45.2 Å². The molecule has 0 N–H and O–H groups in total. The van der Waals surface area contributed by atoms with Gasteiger partial charge in [0.2, 0.25) is 0 Å². The maximum absolute atomic E-state index is 12.2. The molecule has 1 aromatic rings. The van der Waals surface area contributed by atoms with E-state index in [1.165, 1.54) is 0 Å². The number of anilines is 1. The normalized spacial score (nSPS) is 14.8. The number of fused-ring (bicyclic) bond motifs is 1. The van der Waals surface area contributed by atoms with Crippen LogP contribution >= 0.6 is 0 Å². The van der Waals surface area contributed by atoms with Crippen molar-refractivity contribution in [3.8, 4) is 5.75 Å². The van der Waals surface area contributed by atoms with Crippen LogP contribution in [0.2, 0.25) is 0 Å². The van der Waals surface area contributed by atoms with Gasteiger partial charge in [-0.1, -0.05) is 6.07 Å². The first-order valence-corrected chi connectivity index (χ1v) is 6.58. The number of hydrogen-bond acceptors (Lipinski definition) is 3. The lowest BCUT2D eigenvalue weighted by molar-refractivity contribution is 0.0578. The van der Waals surface area contributed by atoms with Gasteiger partial charge < -0.3 is 9.47 Å². The zero-order chi connectivity index (χ0) is 14.0. The summed E-state index contributed by atoms with van der Waals surface area (Å²) in [5, 5.41) is 0. The second-order valence-corrected chi connectivity index (χ2v) is 5.73. The first-order valence-electron chi connectivity index (χ1n) is 6.58. The van der Waals surface area contributed by atoms with Crippen LogP contribution in [0.4, 0.5) is 10.5 Å². The fourth-order valence-electron chi connectivity index (χ4n) is 2.19. The summed E-state index contributed by atoms with van der Waals surface area (Å²) >= 11 is 0. The third-order valence-corrected chi connectivity index (χ3v) is 3.02. The largest absolute Gasteiger partial charge is 0.497 e. The highest BCUT2D eigenvalue weighted by atomic mass is 16.6. The van der Waals surface area contributed by atoms with E-state index in [0.717, 1.165) is 29.8 Å². The Morgan fingerprint density at radius 2 is 2.05 bits per heavy atom. The summed E-state index contributed by atoms with van der Waals surface area (Å²) in [5.41, 5.74) is 1.59. The molecule has 0 spiro atoms. The van der Waals surface area contributed by atoms with E-state index in [4.69, 9.17) is 9.47 Å². The van der Waals surface area contributed by atoms with Crippen LogP contribution in [-0.2, 0) is 11.2 Å². The van der Waals surface area contributed by atoms with Crippen molar-refractivity contribution in [2.45, 2.75) is 39.2 Å². The van der Waals surface area contributed by atoms with Crippen molar-refractivity contribution in [3.05, 3.63) is 23.8 Å². The van der Waals surface area contributed by atoms with Gasteiger partial charge in [-0.25, -0.2) is 4.79 Å². The molecule has 0 saturated carbocycles. The van der Waals surface area contributed by atoms with Gasteiger partial charge in [-0.3, -0.25) is 4.90 Å². The molecule has 1 aliphatic heterocycles. The molecular formula is C15H21NO3. The fraction of sp³-hybridized carbons (Fsp3) is 0.533. The molecule has 1 aromatic carbocycles. The molecule has 0 atom stereocenters. The molecule has 0 radical (unpaired) electrons. The summed E-state index contributed by atoms with van der Waals surface area (Å²) in [5.74, 6) is 0.759. The van der Waals surface area contributed by atoms with Crippen molar-refractivity contribution in [2.24, 2.45) is 0 Å². The highest BCUT2D eigenvalue weighted by Gasteiger charge is 2.27. The second-order valence-electron chi connectivity index (χ2n) is 5.73. The minimum absolute atomic E-state index is 0.290. The van der Waals surface area contributed by atoms with E-state index in [1.807, 2.05) is 39.0 Å². The Kier molecular flexibility index (Phi) is 3.69. The van der Waals surface area contributed by atoms with E-state index in [2.05, 4.69) is 0 Å². The quantitative estimate of drug-likeness (QED) is 0.779. The summed E-state index contributed by atoms with van der Waals surface area (Å²) in [4.78, 5) is 13.9. The average Bonchev–Trinajstić information content (AvgIpc) is 2.35. The number of carbonyl (C=O) groups is 1. The zero-order valence-corrected chi connectivity index (χ0v) is 12.0. The first kappa shape index (κ1) is 13.7. The molecule has 0 aliphatic carbocycles. The Bertz CT molecular complexity index is 477. The van der Waals surface area contributed by atoms with Crippen molar-refractivity contribution in [1.29, 1.82) is 0 Å². The van der Waals surface area contributed by atoms with Crippen LogP contribution < -0.4 is 9.64 Å². The Labute approximate surface area is 114 Å². The molecule has 1 heterocycles. The second kappa shape index (κ2) is 5.11. The van der Waals surface area contributed by atoms with Crippen molar-refractivity contribution < 1.29 is 14.3 Å². The third-order valence-electron chi connectivity index (χ3n) is 3.02. The zero-order valence-electron chi connectivity index (χ0n) is 12.0. The van der Waals surface area contributed by atoms with Crippen molar-refractivity contribution in [3.63, 3.8) is 0 Å². The Morgan fingerprint density at radius 1 is 1.32 bits per heavy atom. The Hall–Kier alpha value is -1.71. The molecule has 19 heavy (non-hydrogen) atoms. The van der Waals surface area contributed by atoms with E-state index < -0.39 is 5.60 Å². The van der Waals surface area contributed by atoms with Crippen LogP contribution in [0.1, 0.15) is 32.8 Å². The molecule has 1 aliphatic rings. The van der Waals surface area contributed by atoms with Gasteiger partial charge in [0.15, 0.2) is 0 Å². The summed E-state index contributed by atoms with van der Waals surface area (Å²) < 4.78 is 10.7. The molecule has 0 aromatic heterocycles. The molecule has 0 saturated heterocycles. The van der Waals surface area contributed by atoms with Gasteiger partial charge in [0.1, 0.15) is 11.4 Å². The summed E-state index contributed by atoms with van der Waals surface area (Å²) in [6, 6.07) is 5.85. The topological polar surface area (TPSA) is 38.8 Å². The third kappa shape index (κ3) is 3.19. The molecule has 4 heteroatoms. The average molecular weight is 263 g/mol. The number of ether oxygens (including phenoxy) is 2. The number of amides is 1. The Morgan fingerprint density at radius 3 is 2.68 bits per heavy atom. The van der Waals surface area contributed by atoms with Crippen LogP contribution in [0.5, 0.6) is 5.75 Å². The predicted octanol–water partition coefficient (Wildman–Crippen LogP) is 3.38. The lowest BCUT2D eigenvalue weighted by atomic mass is 10.0. The van der Waals surface area contributed by atoms with E-state index in [0.29, 0.717) is 6.54 Å².